The molecule has 1 aliphatic rings. The topological polar surface area (TPSA) is 63.3 Å². The number of rotatable bonds is 0. The Hall–Kier alpha value is -1.19. The van der Waals surface area contributed by atoms with Crippen LogP contribution < -0.4 is 0 Å². The molecule has 1 rings (SSSR count). The lowest BCUT2D eigenvalue weighted by molar-refractivity contribution is 0.557. The van der Waals surface area contributed by atoms with Crippen LogP contribution in [0.25, 0.3) is 0 Å². The van der Waals surface area contributed by atoms with Crippen LogP contribution in [0.3, 0.4) is 0 Å². The summed E-state index contributed by atoms with van der Waals surface area (Å²) in [7, 11) is 1.66. The summed E-state index contributed by atoms with van der Waals surface area (Å²) in [4.78, 5) is 0. The van der Waals surface area contributed by atoms with Gasteiger partial charge in [-0.15, -0.1) is 0 Å². The van der Waals surface area contributed by atoms with E-state index in [0.717, 1.165) is 0 Å². The minimum atomic E-state index is 0.174. The van der Waals surface area contributed by atoms with Gasteiger partial charge in [0.1, 0.15) is 5.71 Å². The van der Waals surface area contributed by atoms with Crippen molar-refractivity contribution in [1.82, 2.24) is 5.01 Å². The number of nitrogens with one attached hydrogen (secondary N) is 2. The zero-order valence-electron chi connectivity index (χ0n) is 5.39. The normalized spacial score (nSPS) is 18.9. The van der Waals surface area contributed by atoms with Gasteiger partial charge in [-0.25, -0.2) is 5.01 Å². The van der Waals surface area contributed by atoms with Crippen molar-refractivity contribution >= 4 is 17.3 Å². The lowest BCUT2D eigenvalue weighted by Gasteiger charge is -2.02. The zero-order chi connectivity index (χ0) is 7.02. The molecular formula is C5H8N4. The van der Waals surface area contributed by atoms with Gasteiger partial charge in [0.15, 0.2) is 5.84 Å². The molecule has 9 heavy (non-hydrogen) atoms. The molecule has 2 N–H and O–H groups in total. The summed E-state index contributed by atoms with van der Waals surface area (Å²) in [6.45, 7) is 1.72. The van der Waals surface area contributed by atoms with Crippen LogP contribution in [0.2, 0.25) is 0 Å². The Kier molecular flexibility index (Phi) is 1.09. The van der Waals surface area contributed by atoms with E-state index in [9.17, 15) is 0 Å². The highest BCUT2D eigenvalue weighted by Crippen LogP contribution is 2.00. The fourth-order valence-electron chi connectivity index (χ4n) is 0.658. The molecule has 0 aromatic heterocycles. The molecule has 0 fully saturated rings. The van der Waals surface area contributed by atoms with Crippen molar-refractivity contribution in [1.29, 1.82) is 10.8 Å². The third kappa shape index (κ3) is 0.718. The molecular weight excluding hydrogens is 116 g/mol. The molecule has 0 bridgehead atoms. The first-order valence-electron chi connectivity index (χ1n) is 2.59. The number of hydrogen-bond donors (Lipinski definition) is 2. The van der Waals surface area contributed by atoms with E-state index in [0.29, 0.717) is 5.71 Å². The number of amidine groups is 1. The predicted octanol–water partition coefficient (Wildman–Crippen LogP) is 0.305. The van der Waals surface area contributed by atoms with E-state index >= 15 is 0 Å². The van der Waals surface area contributed by atoms with Crippen molar-refractivity contribution in [2.45, 2.75) is 6.92 Å². The molecule has 0 aromatic carbocycles. The van der Waals surface area contributed by atoms with E-state index < -0.39 is 0 Å². The van der Waals surface area contributed by atoms with Crippen LogP contribution in [0, 0.1) is 10.8 Å². The smallest absolute Gasteiger partial charge is 0.168 e. The van der Waals surface area contributed by atoms with Gasteiger partial charge >= 0.3 is 0 Å². The summed E-state index contributed by atoms with van der Waals surface area (Å²) >= 11 is 0. The van der Waals surface area contributed by atoms with E-state index in [2.05, 4.69) is 5.10 Å². The third-order valence-corrected chi connectivity index (χ3v) is 1.22. The first-order chi connectivity index (χ1) is 4.13. The van der Waals surface area contributed by atoms with Crippen molar-refractivity contribution < 1.29 is 0 Å². The standard InChI is InChI=1S/C5H8N4/c1-3-4(6)5(7)9(2)8-3/h6-7H,1-2H3. The van der Waals surface area contributed by atoms with Gasteiger partial charge in [-0.1, -0.05) is 0 Å². The Balaban J connectivity index is 2.95. The molecule has 0 radical (unpaired) electrons. The quantitative estimate of drug-likeness (QED) is 0.479. The van der Waals surface area contributed by atoms with Gasteiger partial charge in [0.2, 0.25) is 0 Å². The molecule has 0 atom stereocenters. The van der Waals surface area contributed by atoms with Crippen LogP contribution >= 0.6 is 0 Å². The van der Waals surface area contributed by atoms with E-state index in [-0.39, 0.29) is 11.5 Å². The Morgan fingerprint density at radius 2 is 2.00 bits per heavy atom. The highest BCUT2D eigenvalue weighted by Gasteiger charge is 2.19. The molecule has 0 saturated carbocycles. The highest BCUT2D eigenvalue weighted by molar-refractivity contribution is 6.67. The Morgan fingerprint density at radius 1 is 1.44 bits per heavy atom. The Bertz CT molecular complexity index is 203. The zero-order valence-corrected chi connectivity index (χ0v) is 5.39. The lowest BCUT2D eigenvalue weighted by atomic mass is 10.2. The van der Waals surface area contributed by atoms with Gasteiger partial charge in [-0.05, 0) is 6.92 Å². The second-order valence-corrected chi connectivity index (χ2v) is 1.93. The van der Waals surface area contributed by atoms with Gasteiger partial charge in [0.05, 0.1) is 5.71 Å². The summed E-state index contributed by atoms with van der Waals surface area (Å²) < 4.78 is 0. The number of nitrogens with zero attached hydrogens (tertiary/aromatic N) is 2. The van der Waals surface area contributed by atoms with Crippen molar-refractivity contribution in [3.05, 3.63) is 0 Å². The van der Waals surface area contributed by atoms with Gasteiger partial charge < -0.3 is 0 Å². The van der Waals surface area contributed by atoms with Gasteiger partial charge in [0, 0.05) is 7.05 Å². The summed E-state index contributed by atoms with van der Waals surface area (Å²) in [6, 6.07) is 0. The van der Waals surface area contributed by atoms with Crippen LogP contribution in [0.15, 0.2) is 5.10 Å². The van der Waals surface area contributed by atoms with Crippen LogP contribution in [0.5, 0.6) is 0 Å². The van der Waals surface area contributed by atoms with E-state index in [4.69, 9.17) is 10.8 Å². The molecule has 0 spiro atoms. The van der Waals surface area contributed by atoms with Crippen LogP contribution in [0.4, 0.5) is 0 Å². The van der Waals surface area contributed by atoms with Crippen LogP contribution in [-0.2, 0) is 0 Å². The molecule has 0 saturated heterocycles. The summed E-state index contributed by atoms with van der Waals surface area (Å²) in [5.74, 6) is 0.174. The van der Waals surface area contributed by atoms with E-state index in [1.165, 1.54) is 5.01 Å². The van der Waals surface area contributed by atoms with Gasteiger partial charge in [-0.2, -0.15) is 5.10 Å². The second kappa shape index (κ2) is 1.65. The van der Waals surface area contributed by atoms with E-state index in [1.807, 2.05) is 0 Å². The molecule has 4 heteroatoms. The van der Waals surface area contributed by atoms with Crippen LogP contribution in [0.1, 0.15) is 6.92 Å². The fourth-order valence-corrected chi connectivity index (χ4v) is 0.658. The average Bonchev–Trinajstić information content (AvgIpc) is 1.98. The lowest BCUT2D eigenvalue weighted by Crippen LogP contribution is -2.22. The number of hydrazone groups is 1. The minimum absolute atomic E-state index is 0.174. The summed E-state index contributed by atoms with van der Waals surface area (Å²) in [6.07, 6.45) is 0. The molecule has 48 valence electrons. The minimum Gasteiger partial charge on any atom is -0.295 e. The maximum absolute atomic E-state index is 7.19. The fraction of sp³-hybridized carbons (Fsp3) is 0.400. The molecule has 0 amide bonds. The SMILES string of the molecule is CC1=NN(C)C(=N)C1=N. The second-order valence-electron chi connectivity index (χ2n) is 1.93. The first kappa shape index (κ1) is 5.94. The first-order valence-corrected chi connectivity index (χ1v) is 2.59. The molecule has 0 unspecified atom stereocenters. The largest absolute Gasteiger partial charge is 0.295 e. The number of hydrogen-bond acceptors (Lipinski definition) is 3. The average molecular weight is 124 g/mol. The Morgan fingerprint density at radius 3 is 2.11 bits per heavy atom. The molecule has 1 heterocycles. The summed E-state index contributed by atoms with van der Waals surface area (Å²) in [5.41, 5.74) is 0.833. The van der Waals surface area contributed by atoms with E-state index in [1.54, 1.807) is 14.0 Å². The predicted molar refractivity (Wildman–Crippen MR) is 36.3 cm³/mol. The molecule has 0 aromatic rings. The maximum Gasteiger partial charge on any atom is 0.168 e. The summed E-state index contributed by atoms with van der Waals surface area (Å²) in [5, 5.41) is 19.6. The monoisotopic (exact) mass is 124 g/mol. The van der Waals surface area contributed by atoms with Gasteiger partial charge in [0.25, 0.3) is 0 Å². The van der Waals surface area contributed by atoms with Crippen molar-refractivity contribution in [2.75, 3.05) is 7.05 Å². The highest BCUT2D eigenvalue weighted by atomic mass is 15.5. The Labute approximate surface area is 53.2 Å². The molecule has 1 aliphatic heterocycles. The van der Waals surface area contributed by atoms with Gasteiger partial charge in [-0.3, -0.25) is 10.8 Å². The maximum atomic E-state index is 7.19. The van der Waals surface area contributed by atoms with Crippen LogP contribution in [-0.4, -0.2) is 29.3 Å². The molecule has 0 aliphatic carbocycles. The van der Waals surface area contributed by atoms with Crippen molar-refractivity contribution in [2.24, 2.45) is 5.10 Å². The third-order valence-electron chi connectivity index (χ3n) is 1.22. The van der Waals surface area contributed by atoms with Crippen molar-refractivity contribution in [3.8, 4) is 0 Å². The molecule has 4 nitrogen and oxygen atoms in total. The van der Waals surface area contributed by atoms with Crippen molar-refractivity contribution in [3.63, 3.8) is 0 Å².